The van der Waals surface area contributed by atoms with Gasteiger partial charge in [0.25, 0.3) is 15.6 Å². The number of pyridine rings is 1. The molecule has 2 aromatic rings. The molecule has 176 valence electrons. The van der Waals surface area contributed by atoms with Crippen LogP contribution in [0.1, 0.15) is 37.4 Å². The summed E-state index contributed by atoms with van der Waals surface area (Å²) in [4.78, 5) is 20.7. The Morgan fingerprint density at radius 2 is 1.66 bits per heavy atom. The zero-order valence-corrected chi connectivity index (χ0v) is 20.7. The van der Waals surface area contributed by atoms with E-state index in [0.717, 1.165) is 48.7 Å². The minimum atomic E-state index is -3.50. The Hall–Kier alpha value is -1.52. The maximum Gasteiger partial charge on any atom is 0.252 e. The molecule has 1 N–H and O–H groups in total. The highest BCUT2D eigenvalue weighted by Crippen LogP contribution is 2.34. The van der Waals surface area contributed by atoms with Gasteiger partial charge in [0.2, 0.25) is 0 Å². The highest BCUT2D eigenvalue weighted by molar-refractivity contribution is 7.91. The number of nitrogens with zero attached hydrogens (tertiary/aromatic N) is 3. The highest BCUT2D eigenvalue weighted by atomic mass is 32.2. The van der Waals surface area contributed by atoms with Gasteiger partial charge in [0.05, 0.1) is 0 Å². The smallest absolute Gasteiger partial charge is 0.252 e. The molecule has 2 saturated heterocycles. The Balaban J connectivity index is 1.37. The lowest BCUT2D eigenvalue weighted by molar-refractivity contribution is 0.179. The first-order chi connectivity index (χ1) is 15.4. The summed E-state index contributed by atoms with van der Waals surface area (Å²) in [6.07, 6.45) is 4.44. The van der Waals surface area contributed by atoms with Crippen LogP contribution in [0.4, 0.5) is 0 Å². The summed E-state index contributed by atoms with van der Waals surface area (Å²) in [6.45, 7) is 11.1. The first kappa shape index (κ1) is 23.6. The highest BCUT2D eigenvalue weighted by Gasteiger charge is 2.30. The van der Waals surface area contributed by atoms with Crippen molar-refractivity contribution in [1.29, 1.82) is 0 Å². The molecule has 0 bridgehead atoms. The van der Waals surface area contributed by atoms with Gasteiger partial charge >= 0.3 is 0 Å². The summed E-state index contributed by atoms with van der Waals surface area (Å²) in [6, 6.07) is 5.44. The van der Waals surface area contributed by atoms with Crippen LogP contribution in [0.15, 0.2) is 27.2 Å². The predicted octanol–water partition coefficient (Wildman–Crippen LogP) is 2.77. The molecular weight excluding hydrogens is 444 g/mol. The number of rotatable bonds is 8. The maximum absolute atomic E-state index is 13.2. The monoisotopic (exact) mass is 478 g/mol. The molecule has 4 heterocycles. The van der Waals surface area contributed by atoms with Gasteiger partial charge in [0.15, 0.2) is 0 Å². The fourth-order valence-corrected chi connectivity index (χ4v) is 7.59. The lowest BCUT2D eigenvalue weighted by Crippen LogP contribution is -2.48. The number of piperazine rings is 1. The molecule has 2 fully saturated rings. The average Bonchev–Trinajstić information content (AvgIpc) is 3.47. The Morgan fingerprint density at radius 3 is 2.31 bits per heavy atom. The third-order valence-electron chi connectivity index (χ3n) is 6.62. The van der Waals surface area contributed by atoms with Gasteiger partial charge in [-0.25, -0.2) is 8.42 Å². The average molecular weight is 479 g/mol. The summed E-state index contributed by atoms with van der Waals surface area (Å²) in [5.41, 5.74) is 2.30. The largest absolute Gasteiger partial charge is 0.326 e. The minimum absolute atomic E-state index is 0.0727. The van der Waals surface area contributed by atoms with Gasteiger partial charge < -0.3 is 14.8 Å². The molecule has 0 aromatic carbocycles. The molecule has 4 rings (SSSR count). The Labute approximate surface area is 195 Å². The van der Waals surface area contributed by atoms with Crippen molar-refractivity contribution in [2.75, 3.05) is 52.4 Å². The molecule has 0 amide bonds. The number of aromatic amines is 1. The molecule has 32 heavy (non-hydrogen) atoms. The second-order valence-corrected chi connectivity index (χ2v) is 12.0. The number of hydrogen-bond acceptors (Lipinski definition) is 6. The molecule has 2 aromatic heterocycles. The number of likely N-dealkylation sites (tertiary alicyclic amines) is 1. The molecule has 0 atom stereocenters. The van der Waals surface area contributed by atoms with E-state index in [-0.39, 0.29) is 5.56 Å². The van der Waals surface area contributed by atoms with Crippen molar-refractivity contribution in [3.8, 4) is 10.4 Å². The molecule has 0 unspecified atom stereocenters. The van der Waals surface area contributed by atoms with Crippen LogP contribution >= 0.6 is 11.3 Å². The van der Waals surface area contributed by atoms with Crippen LogP contribution in [0.2, 0.25) is 0 Å². The zero-order chi connectivity index (χ0) is 22.7. The first-order valence-corrected chi connectivity index (χ1v) is 13.9. The van der Waals surface area contributed by atoms with Crippen LogP contribution in [0.3, 0.4) is 0 Å². The van der Waals surface area contributed by atoms with Gasteiger partial charge in [0, 0.05) is 47.9 Å². The first-order valence-electron chi connectivity index (χ1n) is 11.7. The van der Waals surface area contributed by atoms with Crippen molar-refractivity contribution in [1.82, 2.24) is 19.1 Å². The van der Waals surface area contributed by atoms with E-state index in [2.05, 4.69) is 14.8 Å². The molecule has 0 radical (unpaired) electrons. The van der Waals surface area contributed by atoms with Crippen LogP contribution in [0.5, 0.6) is 0 Å². The summed E-state index contributed by atoms with van der Waals surface area (Å²) < 4.78 is 28.5. The van der Waals surface area contributed by atoms with Gasteiger partial charge in [-0.3, -0.25) is 4.79 Å². The van der Waals surface area contributed by atoms with Gasteiger partial charge in [-0.1, -0.05) is 6.92 Å². The van der Waals surface area contributed by atoms with Crippen LogP contribution in [-0.4, -0.2) is 79.9 Å². The number of hydrogen-bond donors (Lipinski definition) is 1. The van der Waals surface area contributed by atoms with Crippen molar-refractivity contribution < 1.29 is 8.42 Å². The third kappa shape index (κ3) is 5.17. The molecule has 7 nitrogen and oxygen atoms in total. The van der Waals surface area contributed by atoms with Crippen LogP contribution in [-0.2, 0) is 16.4 Å². The molecule has 9 heteroatoms. The third-order valence-corrected chi connectivity index (χ3v) is 10.1. The molecule has 0 spiro atoms. The van der Waals surface area contributed by atoms with Gasteiger partial charge in [-0.2, -0.15) is 4.31 Å². The van der Waals surface area contributed by atoms with Crippen molar-refractivity contribution in [2.45, 2.75) is 43.7 Å². The summed E-state index contributed by atoms with van der Waals surface area (Å²) in [5, 5.41) is 0. The molecule has 2 aliphatic heterocycles. The lowest BCUT2D eigenvalue weighted by atomic mass is 10.1. The SMILES string of the molecule is CCc1cc(-c2ccc(S(=O)(=O)N3CCN(CCCN4CCCC4)CC3)s2)c(C)[nH]c1=O. The van der Waals surface area contributed by atoms with Gasteiger partial charge in [-0.15, -0.1) is 11.3 Å². The van der Waals surface area contributed by atoms with Crippen LogP contribution in [0.25, 0.3) is 10.4 Å². The summed E-state index contributed by atoms with van der Waals surface area (Å²) >= 11 is 1.28. The summed E-state index contributed by atoms with van der Waals surface area (Å²) in [7, 11) is -3.50. The fourth-order valence-electron chi connectivity index (χ4n) is 4.63. The van der Waals surface area contributed by atoms with E-state index < -0.39 is 10.0 Å². The Morgan fingerprint density at radius 1 is 1.00 bits per heavy atom. The van der Waals surface area contributed by atoms with Crippen LogP contribution < -0.4 is 5.56 Å². The Bertz CT molecular complexity index is 1080. The Kier molecular flexibility index (Phi) is 7.51. The maximum atomic E-state index is 13.2. The number of aromatic nitrogens is 1. The van der Waals surface area contributed by atoms with E-state index in [9.17, 15) is 13.2 Å². The van der Waals surface area contributed by atoms with E-state index in [1.165, 1.54) is 37.3 Å². The van der Waals surface area contributed by atoms with E-state index in [1.54, 1.807) is 10.4 Å². The van der Waals surface area contributed by atoms with E-state index in [1.807, 2.05) is 26.0 Å². The second kappa shape index (κ2) is 10.2. The normalized spacial score (nSPS) is 19.1. The second-order valence-electron chi connectivity index (χ2n) is 8.78. The topological polar surface area (TPSA) is 76.7 Å². The fraction of sp³-hybridized carbons (Fsp3) is 0.609. The molecule has 0 saturated carbocycles. The molecule has 2 aliphatic rings. The van der Waals surface area contributed by atoms with Crippen molar-refractivity contribution in [3.05, 3.63) is 39.8 Å². The van der Waals surface area contributed by atoms with Gasteiger partial charge in [-0.05, 0) is 77.0 Å². The quantitative estimate of drug-likeness (QED) is 0.631. The van der Waals surface area contributed by atoms with Gasteiger partial charge in [0.1, 0.15) is 4.21 Å². The number of nitrogens with one attached hydrogen (secondary N) is 1. The standard InChI is InChI=1S/C23H34N4O3S2/c1-3-19-17-20(18(2)24-23(19)28)21-7-8-22(31-21)32(29,30)27-15-13-26(14-16-27)12-6-11-25-9-4-5-10-25/h7-8,17H,3-6,9-16H2,1-2H3,(H,24,28). The minimum Gasteiger partial charge on any atom is -0.326 e. The lowest BCUT2D eigenvalue weighted by Gasteiger charge is -2.34. The zero-order valence-electron chi connectivity index (χ0n) is 19.1. The number of sulfonamides is 1. The number of aryl methyl sites for hydroxylation is 2. The van der Waals surface area contributed by atoms with Crippen LogP contribution in [0, 0.1) is 6.92 Å². The van der Waals surface area contributed by atoms with E-state index in [4.69, 9.17) is 0 Å². The molecule has 0 aliphatic carbocycles. The van der Waals surface area contributed by atoms with Crippen molar-refractivity contribution in [3.63, 3.8) is 0 Å². The summed E-state index contributed by atoms with van der Waals surface area (Å²) in [5.74, 6) is 0. The van der Waals surface area contributed by atoms with E-state index >= 15 is 0 Å². The number of H-pyrrole nitrogens is 1. The van der Waals surface area contributed by atoms with E-state index in [0.29, 0.717) is 29.3 Å². The predicted molar refractivity (Wildman–Crippen MR) is 130 cm³/mol. The number of thiophene rings is 1. The van der Waals surface area contributed by atoms with Crippen molar-refractivity contribution in [2.24, 2.45) is 0 Å². The van der Waals surface area contributed by atoms with Crippen molar-refractivity contribution >= 4 is 21.4 Å². The molecular formula is C23H34N4O3S2.